The van der Waals surface area contributed by atoms with Gasteiger partial charge in [-0.1, -0.05) is 72.8 Å². The molecule has 5 atom stereocenters. The Balaban J connectivity index is 1.34. The highest BCUT2D eigenvalue weighted by atomic mass is 16.5. The van der Waals surface area contributed by atoms with Gasteiger partial charge in [0.05, 0.1) is 11.8 Å². The van der Waals surface area contributed by atoms with E-state index >= 15 is 0 Å². The minimum absolute atomic E-state index is 0.0674. The second-order valence-corrected chi connectivity index (χ2v) is 10.2. The summed E-state index contributed by atoms with van der Waals surface area (Å²) in [5, 5.41) is 0. The Morgan fingerprint density at radius 1 is 0.722 bits per heavy atom. The van der Waals surface area contributed by atoms with E-state index in [0.29, 0.717) is 0 Å². The zero-order valence-electron chi connectivity index (χ0n) is 20.9. The van der Waals surface area contributed by atoms with Crippen molar-refractivity contribution >= 4 is 17.6 Å². The van der Waals surface area contributed by atoms with Gasteiger partial charge in [0.1, 0.15) is 13.2 Å². The first-order valence-corrected chi connectivity index (χ1v) is 12.7. The van der Waals surface area contributed by atoms with Gasteiger partial charge < -0.3 is 14.4 Å². The number of esters is 2. The molecule has 36 heavy (non-hydrogen) atoms. The number of carbonyl (C=O) groups excluding carboxylic acids is 2. The van der Waals surface area contributed by atoms with Gasteiger partial charge in [0, 0.05) is 19.8 Å². The quantitative estimate of drug-likeness (QED) is 0.391. The van der Waals surface area contributed by atoms with Crippen LogP contribution in [0.1, 0.15) is 35.4 Å². The normalized spacial score (nSPS) is 24.3. The van der Waals surface area contributed by atoms with E-state index in [9.17, 15) is 9.59 Å². The summed E-state index contributed by atoms with van der Waals surface area (Å²) in [6.45, 7) is 0.427. The molecule has 0 aliphatic heterocycles. The molecule has 2 fully saturated rings. The van der Waals surface area contributed by atoms with Gasteiger partial charge in [0.25, 0.3) is 0 Å². The summed E-state index contributed by atoms with van der Waals surface area (Å²) in [5.41, 5.74) is 4.25. The zero-order chi connectivity index (χ0) is 25.1. The molecule has 3 aromatic carbocycles. The standard InChI is InChI=1S/C31H33NO4/c1-32(2)25-15-13-23(14-16-25)26-17-24-18-27(26)29(31(34)36-20-22-11-7-4-8-12-22)28(24)30(33)35-19-21-9-5-3-6-10-21/h3-16,24,26-29H,17-20H2,1-2H3/t24-,26+,27-,28-,29+/m0/s1. The monoisotopic (exact) mass is 483 g/mol. The molecular formula is C31H33NO4. The number of fused-ring (bicyclic) bond motifs is 2. The molecule has 0 heterocycles. The van der Waals surface area contributed by atoms with Crippen LogP contribution in [0.2, 0.25) is 0 Å². The molecule has 5 rings (SSSR count). The molecule has 0 spiro atoms. The summed E-state index contributed by atoms with van der Waals surface area (Å²) in [7, 11) is 4.05. The minimum Gasteiger partial charge on any atom is -0.461 e. The van der Waals surface area contributed by atoms with Crippen molar-refractivity contribution in [1.29, 1.82) is 0 Å². The SMILES string of the molecule is CN(C)c1ccc([C@H]2C[C@H]3C[C@@H]2[C@@H](C(=O)OCc2ccccc2)[C@H]3C(=O)OCc2ccccc2)cc1. The maximum absolute atomic E-state index is 13.5. The van der Waals surface area contributed by atoms with Gasteiger partial charge in [-0.05, 0) is 59.4 Å². The smallest absolute Gasteiger partial charge is 0.310 e. The van der Waals surface area contributed by atoms with E-state index in [2.05, 4.69) is 29.2 Å². The summed E-state index contributed by atoms with van der Waals surface area (Å²) in [5.74, 6) is -1.10. The van der Waals surface area contributed by atoms with Gasteiger partial charge in [0.15, 0.2) is 0 Å². The third-order valence-corrected chi connectivity index (χ3v) is 7.83. The molecule has 0 unspecified atom stereocenters. The number of nitrogens with zero attached hydrogens (tertiary/aromatic N) is 1. The molecule has 0 N–H and O–H groups in total. The lowest BCUT2D eigenvalue weighted by Crippen LogP contribution is -2.39. The van der Waals surface area contributed by atoms with E-state index in [1.165, 1.54) is 5.56 Å². The predicted octanol–water partition coefficient (Wildman–Crippen LogP) is 5.60. The van der Waals surface area contributed by atoms with Crippen LogP contribution in [-0.2, 0) is 32.3 Å². The van der Waals surface area contributed by atoms with Crippen LogP contribution in [0.3, 0.4) is 0 Å². The fraction of sp³-hybridized carbons (Fsp3) is 0.355. The Hall–Kier alpha value is -3.60. The number of anilines is 1. The Bertz CT molecular complexity index is 1180. The fourth-order valence-electron chi connectivity index (χ4n) is 6.07. The topological polar surface area (TPSA) is 55.8 Å². The first kappa shape index (κ1) is 24.1. The van der Waals surface area contributed by atoms with Crippen molar-refractivity contribution < 1.29 is 19.1 Å². The van der Waals surface area contributed by atoms with Gasteiger partial charge >= 0.3 is 11.9 Å². The molecule has 5 heteroatoms. The lowest BCUT2D eigenvalue weighted by Gasteiger charge is -2.33. The van der Waals surface area contributed by atoms with Crippen LogP contribution in [0.5, 0.6) is 0 Å². The summed E-state index contributed by atoms with van der Waals surface area (Å²) in [6, 6.07) is 27.9. The Labute approximate surface area is 213 Å². The lowest BCUT2D eigenvalue weighted by molar-refractivity contribution is -0.165. The number of hydrogen-bond acceptors (Lipinski definition) is 5. The molecule has 2 aliphatic rings. The molecule has 2 bridgehead atoms. The van der Waals surface area contributed by atoms with Gasteiger partial charge in [-0.3, -0.25) is 9.59 Å². The number of benzene rings is 3. The molecule has 0 amide bonds. The van der Waals surface area contributed by atoms with Crippen molar-refractivity contribution in [2.45, 2.75) is 32.0 Å². The first-order valence-electron chi connectivity index (χ1n) is 12.7. The van der Waals surface area contributed by atoms with Gasteiger partial charge in [0.2, 0.25) is 0 Å². The fourth-order valence-corrected chi connectivity index (χ4v) is 6.07. The number of rotatable bonds is 8. The lowest BCUT2D eigenvalue weighted by atomic mass is 9.71. The van der Waals surface area contributed by atoms with Gasteiger partial charge in [-0.15, -0.1) is 0 Å². The molecule has 5 nitrogen and oxygen atoms in total. The van der Waals surface area contributed by atoms with Gasteiger partial charge in [-0.25, -0.2) is 0 Å². The average Bonchev–Trinajstić information content (AvgIpc) is 3.51. The van der Waals surface area contributed by atoms with E-state index in [4.69, 9.17) is 9.47 Å². The maximum atomic E-state index is 13.5. The van der Waals surface area contributed by atoms with E-state index in [1.807, 2.05) is 74.8 Å². The summed E-state index contributed by atoms with van der Waals surface area (Å²) >= 11 is 0. The summed E-state index contributed by atoms with van der Waals surface area (Å²) in [6.07, 6.45) is 1.73. The molecule has 2 aliphatic carbocycles. The van der Waals surface area contributed by atoms with Crippen LogP contribution >= 0.6 is 0 Å². The molecule has 0 aromatic heterocycles. The van der Waals surface area contributed by atoms with Crippen LogP contribution in [0.25, 0.3) is 0 Å². The molecule has 0 saturated heterocycles. The molecule has 186 valence electrons. The molecule has 0 radical (unpaired) electrons. The number of carbonyl (C=O) groups is 2. The van der Waals surface area contributed by atoms with Crippen LogP contribution in [-0.4, -0.2) is 26.0 Å². The van der Waals surface area contributed by atoms with Crippen LogP contribution in [0.4, 0.5) is 5.69 Å². The van der Waals surface area contributed by atoms with Crippen molar-refractivity contribution in [3.8, 4) is 0 Å². The van der Waals surface area contributed by atoms with Crippen molar-refractivity contribution in [3.05, 3.63) is 102 Å². The maximum Gasteiger partial charge on any atom is 0.310 e. The van der Waals surface area contributed by atoms with Crippen molar-refractivity contribution in [2.24, 2.45) is 23.7 Å². The summed E-state index contributed by atoms with van der Waals surface area (Å²) < 4.78 is 11.5. The highest BCUT2D eigenvalue weighted by Crippen LogP contribution is 2.59. The largest absolute Gasteiger partial charge is 0.461 e. The minimum atomic E-state index is -0.491. The summed E-state index contributed by atoms with van der Waals surface area (Å²) in [4.78, 5) is 28.9. The number of ether oxygens (including phenoxy) is 2. The van der Waals surface area contributed by atoms with Crippen molar-refractivity contribution in [1.82, 2.24) is 0 Å². The number of hydrogen-bond donors (Lipinski definition) is 0. The van der Waals surface area contributed by atoms with Gasteiger partial charge in [-0.2, -0.15) is 0 Å². The van der Waals surface area contributed by atoms with E-state index < -0.39 is 11.8 Å². The third-order valence-electron chi connectivity index (χ3n) is 7.83. The Kier molecular flexibility index (Phi) is 7.08. The van der Waals surface area contributed by atoms with Crippen molar-refractivity contribution in [2.75, 3.05) is 19.0 Å². The van der Waals surface area contributed by atoms with Crippen LogP contribution < -0.4 is 4.90 Å². The Morgan fingerprint density at radius 3 is 1.78 bits per heavy atom. The highest BCUT2D eigenvalue weighted by Gasteiger charge is 2.59. The first-order chi connectivity index (χ1) is 17.5. The van der Waals surface area contributed by atoms with Crippen LogP contribution in [0.15, 0.2) is 84.9 Å². The molecule has 3 aromatic rings. The molecular weight excluding hydrogens is 450 g/mol. The van der Waals surface area contributed by atoms with Crippen LogP contribution in [0, 0.1) is 23.7 Å². The molecule has 2 saturated carbocycles. The Morgan fingerprint density at radius 2 is 1.25 bits per heavy atom. The van der Waals surface area contributed by atoms with E-state index in [-0.39, 0.29) is 42.9 Å². The van der Waals surface area contributed by atoms with Crippen molar-refractivity contribution in [3.63, 3.8) is 0 Å². The van der Waals surface area contributed by atoms with E-state index in [0.717, 1.165) is 29.7 Å². The second-order valence-electron chi connectivity index (χ2n) is 10.2. The zero-order valence-corrected chi connectivity index (χ0v) is 20.9. The highest BCUT2D eigenvalue weighted by molar-refractivity contribution is 5.84. The predicted molar refractivity (Wildman–Crippen MR) is 139 cm³/mol. The average molecular weight is 484 g/mol. The third kappa shape index (κ3) is 5.01. The van der Waals surface area contributed by atoms with E-state index in [1.54, 1.807) is 0 Å². The second kappa shape index (κ2) is 10.6.